The van der Waals surface area contributed by atoms with Crippen LogP contribution in [0.2, 0.25) is 0 Å². The number of rotatable bonds is 4. The second-order valence-corrected chi connectivity index (χ2v) is 5.44. The summed E-state index contributed by atoms with van der Waals surface area (Å²) in [7, 11) is 0. The average Bonchev–Trinajstić information content (AvgIpc) is 3.08. The molecule has 0 radical (unpaired) electrons. The second-order valence-electron chi connectivity index (χ2n) is 4.59. The third-order valence-electron chi connectivity index (χ3n) is 3.29. The first kappa shape index (κ1) is 11.9. The first-order valence-corrected chi connectivity index (χ1v) is 7.30. The Labute approximate surface area is 111 Å². The summed E-state index contributed by atoms with van der Waals surface area (Å²) in [6, 6.07) is 2.07. The summed E-state index contributed by atoms with van der Waals surface area (Å²) in [6.07, 6.45) is 5.00. The fourth-order valence-electron chi connectivity index (χ4n) is 2.22. The fourth-order valence-corrected chi connectivity index (χ4v) is 3.07. The smallest absolute Gasteiger partial charge is 0.125 e. The van der Waals surface area contributed by atoms with E-state index in [0.29, 0.717) is 0 Å². The molecular weight excluding hydrogens is 244 g/mol. The van der Waals surface area contributed by atoms with Crippen LogP contribution < -0.4 is 5.32 Å². The van der Waals surface area contributed by atoms with Crippen LogP contribution in [0.5, 0.6) is 0 Å². The molecule has 0 saturated carbocycles. The largest absolute Gasteiger partial charge is 0.367 e. The molecule has 1 saturated heterocycles. The van der Waals surface area contributed by atoms with Crippen molar-refractivity contribution in [2.24, 2.45) is 0 Å². The molecule has 4 nitrogen and oxygen atoms in total. The maximum Gasteiger partial charge on any atom is 0.125 e. The number of hydrogen-bond acceptors (Lipinski definition) is 4. The number of aromatic nitrogens is 2. The van der Waals surface area contributed by atoms with Gasteiger partial charge in [0.2, 0.25) is 0 Å². The molecule has 18 heavy (non-hydrogen) atoms. The molecule has 1 aliphatic rings. The van der Waals surface area contributed by atoms with E-state index in [2.05, 4.69) is 26.6 Å². The van der Waals surface area contributed by atoms with Crippen molar-refractivity contribution in [3.63, 3.8) is 0 Å². The lowest BCUT2D eigenvalue weighted by Crippen LogP contribution is -2.44. The van der Waals surface area contributed by atoms with Gasteiger partial charge in [-0.05, 0) is 6.07 Å². The molecule has 0 aliphatic carbocycles. The van der Waals surface area contributed by atoms with Crippen molar-refractivity contribution in [3.05, 3.63) is 29.5 Å². The predicted molar refractivity (Wildman–Crippen MR) is 74.9 cm³/mol. The zero-order chi connectivity index (χ0) is 12.2. The Balaban J connectivity index is 1.57. The zero-order valence-electron chi connectivity index (χ0n) is 10.4. The minimum Gasteiger partial charge on any atom is -0.367 e. The summed E-state index contributed by atoms with van der Waals surface area (Å²) >= 11 is 1.73. The summed E-state index contributed by atoms with van der Waals surface area (Å²) in [5.41, 5.74) is 2.41. The molecule has 1 fully saturated rings. The van der Waals surface area contributed by atoms with E-state index in [1.165, 1.54) is 11.3 Å². The second kappa shape index (κ2) is 5.65. The first-order chi connectivity index (χ1) is 8.92. The van der Waals surface area contributed by atoms with Gasteiger partial charge >= 0.3 is 0 Å². The molecule has 0 amide bonds. The van der Waals surface area contributed by atoms with E-state index in [1.54, 1.807) is 11.3 Å². The maximum absolute atomic E-state index is 4.69. The molecule has 0 bridgehead atoms. The number of hydrogen-bond donors (Lipinski definition) is 2. The van der Waals surface area contributed by atoms with E-state index in [1.807, 2.05) is 12.4 Å². The van der Waals surface area contributed by atoms with Gasteiger partial charge < -0.3 is 15.2 Å². The van der Waals surface area contributed by atoms with Gasteiger partial charge in [0.05, 0.1) is 5.69 Å². The maximum atomic E-state index is 4.69. The van der Waals surface area contributed by atoms with Crippen LogP contribution in [0, 0.1) is 0 Å². The lowest BCUT2D eigenvalue weighted by molar-refractivity contribution is 0.243. The molecule has 2 N–H and O–H groups in total. The van der Waals surface area contributed by atoms with Crippen LogP contribution in [0.25, 0.3) is 10.6 Å². The summed E-state index contributed by atoms with van der Waals surface area (Å²) in [5.74, 6) is 0. The minimum atomic E-state index is 1.06. The average molecular weight is 262 g/mol. The quantitative estimate of drug-likeness (QED) is 0.879. The highest BCUT2D eigenvalue weighted by Gasteiger charge is 2.10. The van der Waals surface area contributed by atoms with E-state index in [4.69, 9.17) is 4.98 Å². The molecule has 3 rings (SSSR count). The fraction of sp³-hybridized carbons (Fsp3) is 0.462. The molecule has 2 aromatic heterocycles. The van der Waals surface area contributed by atoms with E-state index in [-0.39, 0.29) is 0 Å². The van der Waals surface area contributed by atoms with E-state index >= 15 is 0 Å². The number of H-pyrrole nitrogens is 1. The van der Waals surface area contributed by atoms with Gasteiger partial charge in [-0.15, -0.1) is 11.3 Å². The Bertz CT molecular complexity index is 471. The predicted octanol–water partition coefficient (Wildman–Crippen LogP) is 1.59. The van der Waals surface area contributed by atoms with E-state index in [9.17, 15) is 0 Å². The Hall–Kier alpha value is -1.17. The van der Waals surface area contributed by atoms with E-state index in [0.717, 1.165) is 44.2 Å². The molecule has 5 heteroatoms. The van der Waals surface area contributed by atoms with Crippen molar-refractivity contribution in [1.29, 1.82) is 0 Å². The van der Waals surface area contributed by atoms with Crippen LogP contribution in [-0.4, -0.2) is 47.6 Å². The number of nitrogens with one attached hydrogen (secondary N) is 2. The summed E-state index contributed by atoms with van der Waals surface area (Å²) in [6.45, 7) is 5.68. The number of piperazine rings is 1. The molecule has 0 aromatic carbocycles. The van der Waals surface area contributed by atoms with Crippen molar-refractivity contribution in [2.75, 3.05) is 32.7 Å². The molecule has 0 unspecified atom stereocenters. The number of aromatic amines is 1. The highest BCUT2D eigenvalue weighted by molar-refractivity contribution is 7.13. The van der Waals surface area contributed by atoms with Gasteiger partial charge in [0.15, 0.2) is 0 Å². The Morgan fingerprint density at radius 3 is 3.00 bits per heavy atom. The summed E-state index contributed by atoms with van der Waals surface area (Å²) in [5, 5.41) is 6.68. The van der Waals surface area contributed by atoms with Gasteiger partial charge in [-0.2, -0.15) is 0 Å². The van der Waals surface area contributed by atoms with Gasteiger partial charge in [0.1, 0.15) is 5.01 Å². The molecule has 0 atom stereocenters. The topological polar surface area (TPSA) is 44.0 Å². The lowest BCUT2D eigenvalue weighted by atomic mass is 10.3. The molecule has 2 aromatic rings. The summed E-state index contributed by atoms with van der Waals surface area (Å²) < 4.78 is 0. The highest BCUT2D eigenvalue weighted by atomic mass is 32.1. The lowest BCUT2D eigenvalue weighted by Gasteiger charge is -2.26. The number of nitrogens with zero attached hydrogens (tertiary/aromatic N) is 2. The van der Waals surface area contributed by atoms with Crippen molar-refractivity contribution >= 4 is 11.3 Å². The third kappa shape index (κ3) is 2.80. The van der Waals surface area contributed by atoms with Crippen LogP contribution in [0.15, 0.2) is 23.8 Å². The first-order valence-electron chi connectivity index (χ1n) is 6.42. The minimum absolute atomic E-state index is 1.06. The SMILES string of the molecule is c1cc(-c2nc(CCN3CCNCC3)cs2)c[nH]1. The van der Waals surface area contributed by atoms with Crippen molar-refractivity contribution in [3.8, 4) is 10.6 Å². The molecule has 96 valence electrons. The Morgan fingerprint density at radius 1 is 1.33 bits per heavy atom. The van der Waals surface area contributed by atoms with Gasteiger partial charge in [-0.25, -0.2) is 4.98 Å². The molecule has 0 spiro atoms. The molecule has 3 heterocycles. The van der Waals surface area contributed by atoms with Crippen molar-refractivity contribution in [1.82, 2.24) is 20.2 Å². The van der Waals surface area contributed by atoms with Crippen LogP contribution in [0.3, 0.4) is 0 Å². The monoisotopic (exact) mass is 262 g/mol. The van der Waals surface area contributed by atoms with Crippen LogP contribution >= 0.6 is 11.3 Å². The highest BCUT2D eigenvalue weighted by Crippen LogP contribution is 2.23. The van der Waals surface area contributed by atoms with Crippen molar-refractivity contribution < 1.29 is 0 Å². The Morgan fingerprint density at radius 2 is 2.22 bits per heavy atom. The Kier molecular flexibility index (Phi) is 3.73. The van der Waals surface area contributed by atoms with Crippen LogP contribution in [-0.2, 0) is 6.42 Å². The van der Waals surface area contributed by atoms with Gasteiger partial charge in [-0.1, -0.05) is 0 Å². The van der Waals surface area contributed by atoms with Gasteiger partial charge in [0.25, 0.3) is 0 Å². The van der Waals surface area contributed by atoms with Gasteiger partial charge in [-0.3, -0.25) is 0 Å². The van der Waals surface area contributed by atoms with Gasteiger partial charge in [0, 0.05) is 62.5 Å². The normalized spacial score (nSPS) is 17.1. The third-order valence-corrected chi connectivity index (χ3v) is 4.23. The molecular formula is C13H18N4S. The van der Waals surface area contributed by atoms with Crippen LogP contribution in [0.1, 0.15) is 5.69 Å². The van der Waals surface area contributed by atoms with Crippen molar-refractivity contribution in [2.45, 2.75) is 6.42 Å². The van der Waals surface area contributed by atoms with Crippen LogP contribution in [0.4, 0.5) is 0 Å². The van der Waals surface area contributed by atoms with E-state index < -0.39 is 0 Å². The number of thiazole rings is 1. The summed E-state index contributed by atoms with van der Waals surface area (Å²) in [4.78, 5) is 10.3. The molecule has 1 aliphatic heterocycles. The zero-order valence-corrected chi connectivity index (χ0v) is 11.2. The standard InChI is InChI=1S/C13H18N4S/c1-3-15-9-11(1)13-16-12(10-18-13)2-6-17-7-4-14-5-8-17/h1,3,9-10,14-15H,2,4-8H2.